The van der Waals surface area contributed by atoms with Crippen molar-refractivity contribution >= 4 is 11.8 Å². The van der Waals surface area contributed by atoms with Crippen molar-refractivity contribution in [3.63, 3.8) is 0 Å². The first-order valence-corrected chi connectivity index (χ1v) is 8.51. The zero-order chi connectivity index (χ0) is 16.6. The van der Waals surface area contributed by atoms with E-state index in [-0.39, 0.29) is 17.7 Å². The molecule has 0 aromatic carbocycles. The van der Waals surface area contributed by atoms with Crippen LogP contribution in [-0.4, -0.2) is 51.9 Å². The molecular weight excluding hydrogens is 292 g/mol. The molecule has 2 heterocycles. The molecule has 0 unspecified atom stereocenters. The summed E-state index contributed by atoms with van der Waals surface area (Å²) in [5.74, 6) is 0.974. The maximum Gasteiger partial charge on any atom is 0.228 e. The molecule has 126 valence electrons. The number of rotatable bonds is 6. The molecule has 3 rings (SSSR count). The van der Waals surface area contributed by atoms with E-state index >= 15 is 0 Å². The Hall–Kier alpha value is -1.85. The van der Waals surface area contributed by atoms with Gasteiger partial charge < -0.3 is 9.80 Å². The Bertz CT molecular complexity index is 591. The number of nitrogens with zero attached hydrogens (tertiary/aromatic N) is 3. The molecule has 1 aliphatic heterocycles. The molecular formula is C17H26N4O2. The van der Waals surface area contributed by atoms with Gasteiger partial charge in [0.05, 0.1) is 23.9 Å². The second-order valence-electron chi connectivity index (χ2n) is 7.38. The van der Waals surface area contributed by atoms with Crippen LogP contribution in [0.25, 0.3) is 0 Å². The summed E-state index contributed by atoms with van der Waals surface area (Å²) in [6.45, 7) is 5.98. The SMILES string of the molecule is CC(C)CN1C[C@@H](C(=O)N(C)Cc2cc(C3CC3)n[nH]2)CC1=O. The Morgan fingerprint density at radius 2 is 2.22 bits per heavy atom. The zero-order valence-electron chi connectivity index (χ0n) is 14.2. The second-order valence-corrected chi connectivity index (χ2v) is 7.38. The highest BCUT2D eigenvalue weighted by molar-refractivity contribution is 5.89. The normalized spacial score (nSPS) is 21.3. The lowest BCUT2D eigenvalue weighted by molar-refractivity contribution is -0.135. The van der Waals surface area contributed by atoms with Crippen LogP contribution in [0.4, 0.5) is 0 Å². The number of nitrogens with one attached hydrogen (secondary N) is 1. The molecule has 2 aliphatic rings. The topological polar surface area (TPSA) is 69.3 Å². The molecule has 1 saturated carbocycles. The molecule has 6 heteroatoms. The minimum absolute atomic E-state index is 0.0483. The van der Waals surface area contributed by atoms with Crippen molar-refractivity contribution < 1.29 is 9.59 Å². The highest BCUT2D eigenvalue weighted by Crippen LogP contribution is 2.39. The number of aromatic nitrogens is 2. The third kappa shape index (κ3) is 3.74. The Labute approximate surface area is 137 Å². The van der Waals surface area contributed by atoms with Crippen LogP contribution in [-0.2, 0) is 16.1 Å². The third-order valence-electron chi connectivity index (χ3n) is 4.58. The predicted molar refractivity (Wildman–Crippen MR) is 86.6 cm³/mol. The molecule has 2 fully saturated rings. The van der Waals surface area contributed by atoms with Crippen LogP contribution in [0.5, 0.6) is 0 Å². The van der Waals surface area contributed by atoms with Gasteiger partial charge in [-0.15, -0.1) is 0 Å². The fourth-order valence-electron chi connectivity index (χ4n) is 3.25. The molecule has 1 aromatic rings. The van der Waals surface area contributed by atoms with Crippen molar-refractivity contribution in [2.75, 3.05) is 20.1 Å². The van der Waals surface area contributed by atoms with E-state index in [0.717, 1.165) is 17.9 Å². The summed E-state index contributed by atoms with van der Waals surface area (Å²) in [5.41, 5.74) is 2.08. The van der Waals surface area contributed by atoms with E-state index in [1.54, 1.807) is 11.9 Å². The third-order valence-corrected chi connectivity index (χ3v) is 4.58. The molecule has 0 spiro atoms. The van der Waals surface area contributed by atoms with E-state index in [4.69, 9.17) is 0 Å². The lowest BCUT2D eigenvalue weighted by Gasteiger charge is -2.21. The Morgan fingerprint density at radius 3 is 2.87 bits per heavy atom. The summed E-state index contributed by atoms with van der Waals surface area (Å²) in [6, 6.07) is 2.06. The van der Waals surface area contributed by atoms with Crippen LogP contribution in [0.1, 0.15) is 50.4 Å². The highest BCUT2D eigenvalue weighted by atomic mass is 16.2. The van der Waals surface area contributed by atoms with Crippen LogP contribution in [0.15, 0.2) is 6.07 Å². The van der Waals surface area contributed by atoms with Gasteiger partial charge in [0.25, 0.3) is 0 Å². The van der Waals surface area contributed by atoms with Gasteiger partial charge in [-0.3, -0.25) is 14.7 Å². The average Bonchev–Trinajstić information content (AvgIpc) is 3.14. The number of carbonyl (C=O) groups excluding carboxylic acids is 2. The van der Waals surface area contributed by atoms with Crippen molar-refractivity contribution in [1.29, 1.82) is 0 Å². The largest absolute Gasteiger partial charge is 0.342 e. The quantitative estimate of drug-likeness (QED) is 0.869. The number of amides is 2. The number of likely N-dealkylation sites (tertiary alicyclic amines) is 1. The van der Waals surface area contributed by atoms with Crippen molar-refractivity contribution in [2.45, 2.75) is 45.6 Å². The fraction of sp³-hybridized carbons (Fsp3) is 0.706. The standard InChI is InChI=1S/C17H26N4O2/c1-11(2)8-21-9-13(6-16(21)22)17(23)20(3)10-14-7-15(19-18-14)12-4-5-12/h7,11-13H,4-6,8-10H2,1-3H3,(H,18,19)/t13-/m0/s1. The molecule has 0 bridgehead atoms. The molecule has 2 amide bonds. The molecule has 1 aromatic heterocycles. The van der Waals surface area contributed by atoms with E-state index in [1.165, 1.54) is 12.8 Å². The van der Waals surface area contributed by atoms with Crippen LogP contribution in [0.3, 0.4) is 0 Å². The monoisotopic (exact) mass is 318 g/mol. The number of hydrogen-bond donors (Lipinski definition) is 1. The molecule has 0 radical (unpaired) electrons. The molecule has 1 N–H and O–H groups in total. The fourth-order valence-corrected chi connectivity index (χ4v) is 3.25. The Balaban J connectivity index is 1.55. The van der Waals surface area contributed by atoms with Gasteiger partial charge in [-0.05, 0) is 24.8 Å². The van der Waals surface area contributed by atoms with Crippen LogP contribution in [0.2, 0.25) is 0 Å². The summed E-state index contributed by atoms with van der Waals surface area (Å²) in [6.07, 6.45) is 2.77. The summed E-state index contributed by atoms with van der Waals surface area (Å²) in [7, 11) is 1.80. The maximum atomic E-state index is 12.6. The summed E-state index contributed by atoms with van der Waals surface area (Å²) >= 11 is 0. The zero-order valence-corrected chi connectivity index (χ0v) is 14.2. The van der Waals surface area contributed by atoms with E-state index in [9.17, 15) is 9.59 Å². The van der Waals surface area contributed by atoms with E-state index in [0.29, 0.717) is 31.3 Å². The minimum atomic E-state index is -0.211. The van der Waals surface area contributed by atoms with Crippen LogP contribution >= 0.6 is 0 Å². The lowest BCUT2D eigenvalue weighted by atomic mass is 10.1. The average molecular weight is 318 g/mol. The smallest absolute Gasteiger partial charge is 0.228 e. The predicted octanol–water partition coefficient (Wildman–Crippen LogP) is 1.75. The number of H-pyrrole nitrogens is 1. The summed E-state index contributed by atoms with van der Waals surface area (Å²) in [4.78, 5) is 28.2. The van der Waals surface area contributed by atoms with Gasteiger partial charge in [-0.1, -0.05) is 13.8 Å². The van der Waals surface area contributed by atoms with Crippen molar-refractivity contribution in [1.82, 2.24) is 20.0 Å². The summed E-state index contributed by atoms with van der Waals surface area (Å²) < 4.78 is 0. The number of aromatic amines is 1. The van der Waals surface area contributed by atoms with Gasteiger partial charge in [0.1, 0.15) is 0 Å². The first-order chi connectivity index (χ1) is 10.9. The van der Waals surface area contributed by atoms with Gasteiger partial charge in [0.2, 0.25) is 11.8 Å². The first-order valence-electron chi connectivity index (χ1n) is 8.51. The van der Waals surface area contributed by atoms with Crippen molar-refractivity contribution in [3.8, 4) is 0 Å². The van der Waals surface area contributed by atoms with Crippen molar-refractivity contribution in [2.24, 2.45) is 11.8 Å². The first kappa shape index (κ1) is 16.0. The Kier molecular flexibility index (Phi) is 4.41. The van der Waals surface area contributed by atoms with E-state index in [1.807, 2.05) is 4.90 Å². The molecule has 6 nitrogen and oxygen atoms in total. The van der Waals surface area contributed by atoms with E-state index in [2.05, 4.69) is 30.1 Å². The van der Waals surface area contributed by atoms with Gasteiger partial charge in [-0.25, -0.2) is 0 Å². The second kappa shape index (κ2) is 6.34. The number of carbonyl (C=O) groups is 2. The van der Waals surface area contributed by atoms with Gasteiger partial charge >= 0.3 is 0 Å². The van der Waals surface area contributed by atoms with Gasteiger partial charge in [-0.2, -0.15) is 5.10 Å². The van der Waals surface area contributed by atoms with Gasteiger partial charge in [0, 0.05) is 32.5 Å². The van der Waals surface area contributed by atoms with Gasteiger partial charge in [0.15, 0.2) is 0 Å². The van der Waals surface area contributed by atoms with Crippen LogP contribution in [0, 0.1) is 11.8 Å². The van der Waals surface area contributed by atoms with Crippen molar-refractivity contribution in [3.05, 3.63) is 17.5 Å². The maximum absolute atomic E-state index is 12.6. The number of hydrogen-bond acceptors (Lipinski definition) is 3. The van der Waals surface area contributed by atoms with Crippen LogP contribution < -0.4 is 0 Å². The molecule has 1 atom stereocenters. The lowest BCUT2D eigenvalue weighted by Crippen LogP contribution is -2.35. The Morgan fingerprint density at radius 1 is 1.48 bits per heavy atom. The summed E-state index contributed by atoms with van der Waals surface area (Å²) in [5, 5.41) is 7.35. The van der Waals surface area contributed by atoms with E-state index < -0.39 is 0 Å². The highest BCUT2D eigenvalue weighted by Gasteiger charge is 2.36. The molecule has 1 saturated heterocycles. The molecule has 23 heavy (non-hydrogen) atoms. The minimum Gasteiger partial charge on any atom is -0.342 e. The molecule has 1 aliphatic carbocycles.